The predicted octanol–water partition coefficient (Wildman–Crippen LogP) is -0.497. The lowest BCUT2D eigenvalue weighted by Crippen LogP contribution is -2.51. The van der Waals surface area contributed by atoms with Gasteiger partial charge in [0.2, 0.25) is 5.91 Å². The second kappa shape index (κ2) is 4.44. The van der Waals surface area contributed by atoms with Crippen molar-refractivity contribution in [3.05, 3.63) is 0 Å². The van der Waals surface area contributed by atoms with Crippen molar-refractivity contribution >= 4 is 5.91 Å². The molecule has 1 saturated carbocycles. The van der Waals surface area contributed by atoms with Gasteiger partial charge in [-0.25, -0.2) is 0 Å². The molecule has 0 atom stereocenters. The van der Waals surface area contributed by atoms with Crippen molar-refractivity contribution in [2.24, 2.45) is 11.1 Å². The van der Waals surface area contributed by atoms with Crippen LogP contribution in [0.5, 0.6) is 0 Å². The van der Waals surface area contributed by atoms with E-state index < -0.39 is 0 Å². The summed E-state index contributed by atoms with van der Waals surface area (Å²) in [4.78, 5) is 16.3. The largest absolute Gasteiger partial charge is 0.340 e. The highest BCUT2D eigenvalue weighted by atomic mass is 16.2. The molecule has 1 amide bonds. The van der Waals surface area contributed by atoms with Crippen LogP contribution in [0.2, 0.25) is 0 Å². The number of carbonyl (C=O) groups excluding carboxylic acids is 1. The van der Waals surface area contributed by atoms with E-state index in [1.807, 2.05) is 4.90 Å². The van der Waals surface area contributed by atoms with E-state index in [0.29, 0.717) is 13.1 Å². The first-order valence-corrected chi connectivity index (χ1v) is 5.87. The maximum Gasteiger partial charge on any atom is 0.230 e. The fraction of sp³-hybridized carbons (Fsp3) is 0.750. The minimum atomic E-state index is -0.200. The van der Waals surface area contributed by atoms with Gasteiger partial charge in [0.05, 0.1) is 12.0 Å². The molecule has 2 N–H and O–H groups in total. The van der Waals surface area contributed by atoms with Crippen molar-refractivity contribution < 1.29 is 4.79 Å². The lowest BCUT2D eigenvalue weighted by Gasteiger charge is -2.35. The van der Waals surface area contributed by atoms with E-state index in [9.17, 15) is 4.79 Å². The zero-order valence-corrected chi connectivity index (χ0v) is 9.61. The van der Waals surface area contributed by atoms with E-state index in [0.717, 1.165) is 39.0 Å². The second-order valence-corrected chi connectivity index (χ2v) is 4.76. The van der Waals surface area contributed by atoms with Crippen molar-refractivity contribution in [3.63, 3.8) is 0 Å². The van der Waals surface area contributed by atoms with Gasteiger partial charge in [-0.05, 0) is 12.8 Å². The van der Waals surface area contributed by atoms with Crippen LogP contribution in [0.1, 0.15) is 12.8 Å². The molecule has 2 rings (SSSR count). The van der Waals surface area contributed by atoms with Crippen LogP contribution in [-0.2, 0) is 4.79 Å². The summed E-state index contributed by atoms with van der Waals surface area (Å²) in [7, 11) is 0. The minimum absolute atomic E-state index is 0.200. The molecule has 1 heterocycles. The van der Waals surface area contributed by atoms with Gasteiger partial charge in [0.1, 0.15) is 0 Å². The van der Waals surface area contributed by atoms with Gasteiger partial charge in [-0.15, -0.1) is 6.42 Å². The molecule has 1 aliphatic heterocycles. The predicted molar refractivity (Wildman–Crippen MR) is 62.6 cm³/mol. The van der Waals surface area contributed by atoms with Gasteiger partial charge < -0.3 is 10.6 Å². The van der Waals surface area contributed by atoms with Crippen molar-refractivity contribution in [1.82, 2.24) is 9.80 Å². The molecule has 1 aliphatic carbocycles. The van der Waals surface area contributed by atoms with E-state index in [1.165, 1.54) is 0 Å². The molecular weight excluding hydrogens is 202 g/mol. The van der Waals surface area contributed by atoms with Crippen LogP contribution in [0.25, 0.3) is 0 Å². The summed E-state index contributed by atoms with van der Waals surface area (Å²) in [5.41, 5.74) is 5.47. The van der Waals surface area contributed by atoms with Gasteiger partial charge in [0.25, 0.3) is 0 Å². The van der Waals surface area contributed by atoms with Crippen molar-refractivity contribution in [2.45, 2.75) is 12.8 Å². The fourth-order valence-corrected chi connectivity index (χ4v) is 2.23. The Morgan fingerprint density at radius 1 is 1.31 bits per heavy atom. The number of rotatable bonds is 3. The zero-order valence-electron chi connectivity index (χ0n) is 9.61. The third-order valence-electron chi connectivity index (χ3n) is 3.67. The van der Waals surface area contributed by atoms with Gasteiger partial charge in [0, 0.05) is 32.7 Å². The molecule has 2 fully saturated rings. The van der Waals surface area contributed by atoms with Crippen LogP contribution >= 0.6 is 0 Å². The molecule has 2 aliphatic rings. The number of nitrogens with zero attached hydrogens (tertiary/aromatic N) is 2. The highest BCUT2D eigenvalue weighted by molar-refractivity contribution is 5.85. The number of terminal acetylenes is 1. The second-order valence-electron chi connectivity index (χ2n) is 4.76. The number of carbonyl (C=O) groups is 1. The molecular formula is C12H19N3O. The van der Waals surface area contributed by atoms with E-state index >= 15 is 0 Å². The molecule has 88 valence electrons. The SMILES string of the molecule is C#CCN1CCN(C(=O)C2(CN)CC2)CC1. The van der Waals surface area contributed by atoms with E-state index in [2.05, 4.69) is 10.8 Å². The lowest BCUT2D eigenvalue weighted by molar-refractivity contribution is -0.138. The Morgan fingerprint density at radius 3 is 2.38 bits per heavy atom. The maximum absolute atomic E-state index is 12.2. The number of hydrogen-bond donors (Lipinski definition) is 1. The van der Waals surface area contributed by atoms with Gasteiger partial charge in [0.15, 0.2) is 0 Å². The van der Waals surface area contributed by atoms with Crippen LogP contribution in [0.15, 0.2) is 0 Å². The first kappa shape index (κ1) is 11.4. The van der Waals surface area contributed by atoms with E-state index in [1.54, 1.807) is 0 Å². The third kappa shape index (κ3) is 2.06. The normalized spacial score (nSPS) is 23.9. The van der Waals surface area contributed by atoms with Crippen molar-refractivity contribution in [3.8, 4) is 12.3 Å². The van der Waals surface area contributed by atoms with Gasteiger partial charge in [-0.2, -0.15) is 0 Å². The highest BCUT2D eigenvalue weighted by Gasteiger charge is 2.50. The van der Waals surface area contributed by atoms with Crippen LogP contribution in [-0.4, -0.2) is 55.0 Å². The first-order chi connectivity index (χ1) is 7.72. The third-order valence-corrected chi connectivity index (χ3v) is 3.67. The summed E-state index contributed by atoms with van der Waals surface area (Å²) < 4.78 is 0. The first-order valence-electron chi connectivity index (χ1n) is 5.87. The van der Waals surface area contributed by atoms with Gasteiger partial charge in [-0.3, -0.25) is 9.69 Å². The Kier molecular flexibility index (Phi) is 3.17. The molecule has 0 aromatic carbocycles. The summed E-state index contributed by atoms with van der Waals surface area (Å²) in [6.45, 7) is 4.54. The lowest BCUT2D eigenvalue weighted by atomic mass is 10.1. The van der Waals surface area contributed by atoms with Crippen LogP contribution in [0.3, 0.4) is 0 Å². The highest BCUT2D eigenvalue weighted by Crippen LogP contribution is 2.46. The van der Waals surface area contributed by atoms with Gasteiger partial charge >= 0.3 is 0 Å². The average Bonchev–Trinajstić information content (AvgIpc) is 3.10. The number of piperazine rings is 1. The van der Waals surface area contributed by atoms with Crippen LogP contribution in [0.4, 0.5) is 0 Å². The molecule has 4 heteroatoms. The topological polar surface area (TPSA) is 49.6 Å². The Morgan fingerprint density at radius 2 is 1.94 bits per heavy atom. The fourth-order valence-electron chi connectivity index (χ4n) is 2.23. The maximum atomic E-state index is 12.2. The molecule has 16 heavy (non-hydrogen) atoms. The molecule has 0 radical (unpaired) electrons. The Balaban J connectivity index is 1.85. The standard InChI is InChI=1S/C12H19N3O/c1-2-5-14-6-8-15(9-7-14)11(16)12(10-13)3-4-12/h1H,3-10,13H2. The number of amides is 1. The zero-order chi connectivity index (χ0) is 11.6. The van der Waals surface area contributed by atoms with E-state index in [-0.39, 0.29) is 11.3 Å². The molecule has 0 aromatic heterocycles. The number of nitrogens with two attached hydrogens (primary N) is 1. The number of hydrogen-bond acceptors (Lipinski definition) is 3. The molecule has 0 spiro atoms. The summed E-state index contributed by atoms with van der Waals surface area (Å²) >= 11 is 0. The van der Waals surface area contributed by atoms with E-state index in [4.69, 9.17) is 12.2 Å². The minimum Gasteiger partial charge on any atom is -0.340 e. The monoisotopic (exact) mass is 221 g/mol. The Hall–Kier alpha value is -1.05. The van der Waals surface area contributed by atoms with Crippen molar-refractivity contribution in [2.75, 3.05) is 39.3 Å². The smallest absolute Gasteiger partial charge is 0.230 e. The van der Waals surface area contributed by atoms with Crippen LogP contribution in [0, 0.1) is 17.8 Å². The van der Waals surface area contributed by atoms with Crippen LogP contribution < -0.4 is 5.73 Å². The summed E-state index contributed by atoms with van der Waals surface area (Å²) in [6, 6.07) is 0. The molecule has 0 aromatic rings. The molecule has 0 unspecified atom stereocenters. The summed E-state index contributed by atoms with van der Waals surface area (Å²) in [6.07, 6.45) is 7.20. The van der Waals surface area contributed by atoms with Gasteiger partial charge in [-0.1, -0.05) is 5.92 Å². The Bertz CT molecular complexity index is 309. The Labute approximate surface area is 96.8 Å². The summed E-state index contributed by atoms with van der Waals surface area (Å²) in [5, 5.41) is 0. The van der Waals surface area contributed by atoms with Crippen molar-refractivity contribution in [1.29, 1.82) is 0 Å². The molecule has 4 nitrogen and oxygen atoms in total. The quantitative estimate of drug-likeness (QED) is 0.654. The molecule has 1 saturated heterocycles. The summed E-state index contributed by atoms with van der Waals surface area (Å²) in [5.74, 6) is 2.90. The average molecular weight is 221 g/mol. The molecule has 0 bridgehead atoms.